The first-order valence-corrected chi connectivity index (χ1v) is 14.4. The smallest absolute Gasteiger partial charge is 0.169 e. The van der Waals surface area contributed by atoms with Crippen LogP contribution >= 0.6 is 31.9 Å². The van der Waals surface area contributed by atoms with Crippen molar-refractivity contribution in [3.05, 3.63) is 10.1 Å². The lowest BCUT2D eigenvalue weighted by Crippen LogP contribution is -2.53. The molecule has 1 nitrogen and oxygen atoms in total. The van der Waals surface area contributed by atoms with Crippen molar-refractivity contribution in [1.82, 2.24) is 0 Å². The molecule has 0 aliphatic heterocycles. The standard InChI is InChI=1S/C27H42Br2O/c1-16(2)7-6-8-17(3)19-9-10-20-18-15-22(28)24-25(29)23(30)12-14-27(24,5)21(18)11-13-26(19,20)4/h16-22H,6-15H2,1-5H3/t17-,18+,19-,20+,21+,22-,26-,27-/m1/s1. The van der Waals surface area contributed by atoms with Gasteiger partial charge in [0.2, 0.25) is 0 Å². The minimum absolute atomic E-state index is 0.201. The fourth-order valence-electron chi connectivity index (χ4n) is 8.69. The van der Waals surface area contributed by atoms with Gasteiger partial charge in [0, 0.05) is 11.2 Å². The number of ketones is 1. The highest BCUT2D eigenvalue weighted by Crippen LogP contribution is 2.68. The van der Waals surface area contributed by atoms with Crippen LogP contribution in [-0.2, 0) is 4.79 Å². The largest absolute Gasteiger partial charge is 0.294 e. The predicted molar refractivity (Wildman–Crippen MR) is 134 cm³/mol. The maximum Gasteiger partial charge on any atom is 0.169 e. The van der Waals surface area contributed by atoms with E-state index in [1.54, 1.807) is 0 Å². The maximum atomic E-state index is 12.5. The van der Waals surface area contributed by atoms with Gasteiger partial charge >= 0.3 is 0 Å². The molecule has 3 heteroatoms. The number of rotatable bonds is 5. The van der Waals surface area contributed by atoms with E-state index in [2.05, 4.69) is 66.5 Å². The van der Waals surface area contributed by atoms with Gasteiger partial charge in [0.05, 0.1) is 4.48 Å². The highest BCUT2D eigenvalue weighted by molar-refractivity contribution is 9.12. The average molecular weight is 542 g/mol. The van der Waals surface area contributed by atoms with Gasteiger partial charge < -0.3 is 0 Å². The van der Waals surface area contributed by atoms with Crippen LogP contribution in [-0.4, -0.2) is 10.6 Å². The number of allylic oxidation sites excluding steroid dienone is 1. The molecule has 0 N–H and O–H groups in total. The Bertz CT molecular complexity index is 712. The van der Waals surface area contributed by atoms with Crippen LogP contribution in [0, 0.1) is 46.3 Å². The molecule has 0 amide bonds. The fraction of sp³-hybridized carbons (Fsp3) is 0.889. The Morgan fingerprint density at radius 2 is 1.77 bits per heavy atom. The van der Waals surface area contributed by atoms with Crippen LogP contribution < -0.4 is 0 Å². The number of alkyl halides is 1. The molecule has 170 valence electrons. The second-order valence-corrected chi connectivity index (χ2v) is 14.1. The summed E-state index contributed by atoms with van der Waals surface area (Å²) in [5, 5.41) is 0. The third-order valence-electron chi connectivity index (χ3n) is 10.2. The Balaban J connectivity index is 1.55. The van der Waals surface area contributed by atoms with E-state index in [9.17, 15) is 4.79 Å². The molecule has 4 aliphatic carbocycles. The summed E-state index contributed by atoms with van der Waals surface area (Å²) in [6, 6.07) is 0. The van der Waals surface area contributed by atoms with E-state index in [0.717, 1.165) is 52.8 Å². The highest BCUT2D eigenvalue weighted by Gasteiger charge is 2.61. The Hall–Kier alpha value is 0.370. The van der Waals surface area contributed by atoms with Gasteiger partial charge in [-0.1, -0.05) is 69.8 Å². The summed E-state index contributed by atoms with van der Waals surface area (Å²) in [6.45, 7) is 12.4. The Morgan fingerprint density at radius 3 is 2.47 bits per heavy atom. The van der Waals surface area contributed by atoms with Crippen LogP contribution in [0.2, 0.25) is 0 Å². The molecule has 0 radical (unpaired) electrons. The lowest BCUT2D eigenvalue weighted by molar-refractivity contribution is -0.117. The van der Waals surface area contributed by atoms with E-state index in [4.69, 9.17) is 0 Å². The minimum atomic E-state index is 0.201. The Kier molecular flexibility index (Phi) is 6.76. The molecule has 0 aromatic heterocycles. The Morgan fingerprint density at radius 1 is 1.03 bits per heavy atom. The molecule has 30 heavy (non-hydrogen) atoms. The zero-order valence-corrected chi connectivity index (χ0v) is 22.9. The molecule has 8 atom stereocenters. The lowest BCUT2D eigenvalue weighted by atomic mass is 9.46. The molecule has 3 fully saturated rings. The molecule has 4 rings (SSSR count). The normalized spacial score (nSPS) is 44.7. The van der Waals surface area contributed by atoms with Crippen LogP contribution in [0.4, 0.5) is 0 Å². The first kappa shape index (κ1) is 23.5. The van der Waals surface area contributed by atoms with Crippen molar-refractivity contribution in [1.29, 1.82) is 0 Å². The van der Waals surface area contributed by atoms with Crippen molar-refractivity contribution in [3.8, 4) is 0 Å². The van der Waals surface area contributed by atoms with E-state index >= 15 is 0 Å². The van der Waals surface area contributed by atoms with Crippen molar-refractivity contribution in [3.63, 3.8) is 0 Å². The summed E-state index contributed by atoms with van der Waals surface area (Å²) in [5.74, 6) is 5.39. The van der Waals surface area contributed by atoms with Crippen molar-refractivity contribution in [2.24, 2.45) is 46.3 Å². The maximum absolute atomic E-state index is 12.5. The summed E-state index contributed by atoms with van der Waals surface area (Å²) in [6.07, 6.45) is 12.9. The number of carbonyl (C=O) groups is 1. The number of carbonyl (C=O) groups excluding carboxylic acids is 1. The van der Waals surface area contributed by atoms with Gasteiger partial charge in [-0.15, -0.1) is 0 Å². The molecule has 3 saturated carbocycles. The lowest BCUT2D eigenvalue weighted by Gasteiger charge is -2.60. The van der Waals surface area contributed by atoms with E-state index in [0.29, 0.717) is 16.0 Å². The van der Waals surface area contributed by atoms with Crippen molar-refractivity contribution in [2.75, 3.05) is 0 Å². The van der Waals surface area contributed by atoms with Gasteiger partial charge in [-0.3, -0.25) is 4.79 Å². The molecule has 0 bridgehead atoms. The number of halogens is 2. The first-order chi connectivity index (χ1) is 14.1. The number of hydrogen-bond donors (Lipinski definition) is 0. The average Bonchev–Trinajstić information content (AvgIpc) is 3.02. The summed E-state index contributed by atoms with van der Waals surface area (Å²) >= 11 is 7.78. The van der Waals surface area contributed by atoms with Gasteiger partial charge in [-0.2, -0.15) is 0 Å². The third-order valence-corrected chi connectivity index (χ3v) is 11.9. The van der Waals surface area contributed by atoms with E-state index in [-0.39, 0.29) is 5.41 Å². The molecule has 0 unspecified atom stereocenters. The molecule has 0 spiro atoms. The predicted octanol–water partition coefficient (Wildman–Crippen LogP) is 8.69. The third kappa shape index (κ3) is 3.74. The molecular weight excluding hydrogens is 500 g/mol. The summed E-state index contributed by atoms with van der Waals surface area (Å²) < 4.78 is 0.910. The van der Waals surface area contributed by atoms with E-state index in [1.807, 2.05) is 0 Å². The van der Waals surface area contributed by atoms with Gasteiger partial charge in [-0.05, 0) is 106 Å². The van der Waals surface area contributed by atoms with Crippen LogP contribution in [0.15, 0.2) is 10.1 Å². The van der Waals surface area contributed by atoms with Gasteiger partial charge in [-0.25, -0.2) is 0 Å². The van der Waals surface area contributed by atoms with Gasteiger partial charge in [0.25, 0.3) is 0 Å². The summed E-state index contributed by atoms with van der Waals surface area (Å²) in [4.78, 5) is 12.8. The first-order valence-electron chi connectivity index (χ1n) is 12.7. The van der Waals surface area contributed by atoms with Gasteiger partial charge in [0.1, 0.15) is 0 Å². The Labute approximate surface area is 201 Å². The summed E-state index contributed by atoms with van der Waals surface area (Å²) in [7, 11) is 0. The second kappa shape index (κ2) is 8.62. The van der Waals surface area contributed by atoms with E-state index < -0.39 is 0 Å². The van der Waals surface area contributed by atoms with Gasteiger partial charge in [0.15, 0.2) is 5.78 Å². The summed E-state index contributed by atoms with van der Waals surface area (Å²) in [5.41, 5.74) is 2.14. The molecule has 4 aliphatic rings. The second-order valence-electron chi connectivity index (χ2n) is 12.2. The minimum Gasteiger partial charge on any atom is -0.294 e. The quantitative estimate of drug-likeness (QED) is 0.318. The molecule has 0 aromatic carbocycles. The zero-order chi connectivity index (χ0) is 21.8. The van der Waals surface area contributed by atoms with Crippen LogP contribution in [0.5, 0.6) is 0 Å². The molecule has 0 aromatic rings. The number of hydrogen-bond acceptors (Lipinski definition) is 1. The number of fused-ring (bicyclic) bond motifs is 5. The topological polar surface area (TPSA) is 17.1 Å². The highest BCUT2D eigenvalue weighted by atomic mass is 79.9. The zero-order valence-electron chi connectivity index (χ0n) is 19.8. The van der Waals surface area contributed by atoms with Crippen LogP contribution in [0.1, 0.15) is 98.8 Å². The van der Waals surface area contributed by atoms with Crippen molar-refractivity contribution < 1.29 is 4.79 Å². The molecule has 0 heterocycles. The molecular formula is C27H42Br2O. The molecule has 0 saturated heterocycles. The van der Waals surface area contributed by atoms with Crippen LogP contribution in [0.3, 0.4) is 0 Å². The van der Waals surface area contributed by atoms with Crippen molar-refractivity contribution in [2.45, 2.75) is 104 Å². The monoisotopic (exact) mass is 540 g/mol. The van der Waals surface area contributed by atoms with Crippen molar-refractivity contribution >= 4 is 37.6 Å². The fourth-order valence-corrected chi connectivity index (χ4v) is 11.1. The SMILES string of the molecule is CC(C)CCC[C@@H](C)[C@H]1CC[C@H]2[C@@H]3C[C@@H](Br)C4=C(Br)C(=O)CC[C@]4(C)[C@H]3CC[C@]12C. The number of Topliss-reactive ketones (excluding diaryl/α,β-unsaturated/α-hetero) is 1. The van der Waals surface area contributed by atoms with Crippen LogP contribution in [0.25, 0.3) is 0 Å². The van der Waals surface area contributed by atoms with E-state index in [1.165, 1.54) is 56.9 Å².